The Morgan fingerprint density at radius 1 is 1.10 bits per heavy atom. The molecule has 0 fully saturated rings. The van der Waals surface area contributed by atoms with Crippen LogP contribution in [0.15, 0.2) is 76.7 Å². The Hall–Kier alpha value is -3.02. The summed E-state index contributed by atoms with van der Waals surface area (Å²) in [6.45, 7) is 3.13. The maximum Gasteiger partial charge on any atom is 0.374 e. The third-order valence-electron chi connectivity index (χ3n) is 7.32. The van der Waals surface area contributed by atoms with Crippen molar-refractivity contribution in [3.05, 3.63) is 83.2 Å². The first-order chi connectivity index (χ1) is 20.3. The molecule has 11 heteroatoms. The molecule has 0 radical (unpaired) electrons. The summed E-state index contributed by atoms with van der Waals surface area (Å²) >= 11 is 7.14. The number of aromatic nitrogens is 1. The van der Waals surface area contributed by atoms with Crippen molar-refractivity contribution in [3.63, 3.8) is 0 Å². The van der Waals surface area contributed by atoms with E-state index in [0.29, 0.717) is 41.8 Å². The van der Waals surface area contributed by atoms with Crippen molar-refractivity contribution in [2.24, 2.45) is 0 Å². The maximum atomic E-state index is 11.5. The van der Waals surface area contributed by atoms with E-state index in [1.165, 1.54) is 0 Å². The Morgan fingerprint density at radius 3 is 2.64 bits per heavy atom. The summed E-state index contributed by atoms with van der Waals surface area (Å²) in [5, 5.41) is 0.633. The van der Waals surface area contributed by atoms with Crippen molar-refractivity contribution in [1.82, 2.24) is 0 Å². The average molecular weight is 630 g/mol. The number of nitrogens with zero attached hydrogens (tertiary/aromatic N) is 2. The molecule has 4 aromatic rings. The Kier molecular flexibility index (Phi) is 9.80. The largest absolute Gasteiger partial charge is 0.468 e. The number of hydrogen-bond acceptors (Lipinski definition) is 7. The summed E-state index contributed by atoms with van der Waals surface area (Å²) in [5.74, 6) is 1.65. The molecule has 222 valence electrons. The van der Waals surface area contributed by atoms with Gasteiger partial charge in [-0.2, -0.15) is 13.0 Å². The van der Waals surface area contributed by atoms with Crippen LogP contribution in [-0.4, -0.2) is 41.8 Å². The van der Waals surface area contributed by atoms with Crippen LogP contribution in [0.4, 0.5) is 5.69 Å². The zero-order valence-corrected chi connectivity index (χ0v) is 25.7. The van der Waals surface area contributed by atoms with Crippen LogP contribution in [0.1, 0.15) is 38.5 Å². The zero-order chi connectivity index (χ0) is 29.7. The van der Waals surface area contributed by atoms with Crippen LogP contribution in [0.5, 0.6) is 5.75 Å². The summed E-state index contributed by atoms with van der Waals surface area (Å²) < 4.78 is 56.2. The highest BCUT2D eigenvalue weighted by Crippen LogP contribution is 2.41. The van der Waals surface area contributed by atoms with Gasteiger partial charge in [0.2, 0.25) is 5.58 Å². The van der Waals surface area contributed by atoms with Crippen LogP contribution in [-0.2, 0) is 16.7 Å². The van der Waals surface area contributed by atoms with E-state index < -0.39 is 10.1 Å². The lowest BCUT2D eigenvalue weighted by Gasteiger charge is -2.26. The molecule has 1 unspecified atom stereocenters. The standard InChI is InChI=1S/C31H33ClN2O6S2/c1-2-22(18-30-33(14-6-16-41-35)27-21-25(32)11-13-29(27)40-30)19-31-34(15-7-17-42(36,37)38)26-20-24(10-12-28(26)39-31)23-8-4-3-5-9-23/h3-5,8-13,19-21,30H,2,6-7,14-18H2,1H3,(H-,35,36,37,38)/p+1/b22-19+. The van der Waals surface area contributed by atoms with Crippen molar-refractivity contribution in [2.75, 3.05) is 23.0 Å². The SMILES string of the molecule is CC/C(=C\c1oc2ccc(-c3ccccc3)cc2[n+]1CCCS(=O)(=O)O)CC1Oc2ccc(Cl)cc2N1CCCSO. The summed E-state index contributed by atoms with van der Waals surface area (Å²) in [7, 11) is -4.09. The third-order valence-corrected chi connectivity index (χ3v) is 8.83. The van der Waals surface area contributed by atoms with Crippen molar-refractivity contribution in [1.29, 1.82) is 0 Å². The first-order valence-corrected chi connectivity index (χ1v) is 16.8. The van der Waals surface area contributed by atoms with Gasteiger partial charge in [0.15, 0.2) is 12.8 Å². The van der Waals surface area contributed by atoms with Crippen LogP contribution in [0, 0.1) is 0 Å². The predicted molar refractivity (Wildman–Crippen MR) is 169 cm³/mol. The molecule has 0 aliphatic carbocycles. The van der Waals surface area contributed by atoms with Gasteiger partial charge in [0.05, 0.1) is 17.5 Å². The van der Waals surface area contributed by atoms with E-state index in [0.717, 1.165) is 58.5 Å². The topological polar surface area (TPSA) is 104 Å². The molecule has 0 saturated carbocycles. The number of rotatable bonds is 13. The highest BCUT2D eigenvalue weighted by molar-refractivity contribution is 7.93. The van der Waals surface area contributed by atoms with Crippen molar-refractivity contribution in [3.8, 4) is 16.9 Å². The second kappa shape index (κ2) is 13.5. The molecule has 1 atom stereocenters. The number of ether oxygens (including phenoxy) is 1. The Labute approximate surface area is 255 Å². The average Bonchev–Trinajstić information content (AvgIpc) is 3.49. The molecule has 5 rings (SSSR count). The molecule has 0 bridgehead atoms. The van der Waals surface area contributed by atoms with E-state index >= 15 is 0 Å². The van der Waals surface area contributed by atoms with Gasteiger partial charge >= 0.3 is 5.89 Å². The van der Waals surface area contributed by atoms with Gasteiger partial charge in [0.25, 0.3) is 15.6 Å². The number of anilines is 1. The van der Waals surface area contributed by atoms with E-state index in [1.807, 2.05) is 77.4 Å². The van der Waals surface area contributed by atoms with Crippen LogP contribution in [0.25, 0.3) is 28.3 Å². The van der Waals surface area contributed by atoms with Gasteiger partial charge in [-0.1, -0.05) is 60.5 Å². The highest BCUT2D eigenvalue weighted by Gasteiger charge is 2.32. The van der Waals surface area contributed by atoms with Gasteiger partial charge in [0.1, 0.15) is 5.75 Å². The summed E-state index contributed by atoms with van der Waals surface area (Å²) in [6, 6.07) is 21.6. The van der Waals surface area contributed by atoms with Crippen LogP contribution >= 0.6 is 23.6 Å². The van der Waals surface area contributed by atoms with Crippen molar-refractivity contribution in [2.45, 2.75) is 45.4 Å². The molecule has 0 spiro atoms. The Balaban J connectivity index is 1.48. The number of fused-ring (bicyclic) bond motifs is 2. The van der Waals surface area contributed by atoms with Crippen LogP contribution in [0.2, 0.25) is 5.02 Å². The number of aryl methyl sites for hydroxylation is 1. The van der Waals surface area contributed by atoms with Gasteiger partial charge < -0.3 is 18.6 Å². The molecule has 0 saturated heterocycles. The van der Waals surface area contributed by atoms with E-state index in [4.69, 9.17) is 20.8 Å². The molecule has 1 aliphatic rings. The smallest absolute Gasteiger partial charge is 0.374 e. The molecular weight excluding hydrogens is 596 g/mol. The minimum absolute atomic E-state index is 0.231. The number of halogens is 1. The lowest BCUT2D eigenvalue weighted by molar-refractivity contribution is -0.677. The summed E-state index contributed by atoms with van der Waals surface area (Å²) in [6.07, 6.45) is 4.11. The number of oxazole rings is 1. The monoisotopic (exact) mass is 629 g/mol. The molecular formula is C31H34ClN2O6S2+. The first kappa shape index (κ1) is 30.4. The zero-order valence-electron chi connectivity index (χ0n) is 23.3. The first-order valence-electron chi connectivity index (χ1n) is 13.9. The van der Waals surface area contributed by atoms with Gasteiger partial charge in [-0.15, -0.1) is 0 Å². The minimum Gasteiger partial charge on any atom is -0.468 e. The number of benzene rings is 3. The lowest BCUT2D eigenvalue weighted by atomic mass is 10.1. The van der Waals surface area contributed by atoms with Crippen LogP contribution in [0.3, 0.4) is 0 Å². The second-order valence-electron chi connectivity index (χ2n) is 10.2. The van der Waals surface area contributed by atoms with E-state index in [2.05, 4.69) is 11.8 Å². The van der Waals surface area contributed by atoms with E-state index in [-0.39, 0.29) is 18.4 Å². The van der Waals surface area contributed by atoms with Gasteiger partial charge in [-0.3, -0.25) is 4.55 Å². The fraction of sp³-hybridized carbons (Fsp3) is 0.323. The number of hydrogen-bond donors (Lipinski definition) is 2. The maximum absolute atomic E-state index is 11.5. The van der Waals surface area contributed by atoms with Crippen LogP contribution < -0.4 is 14.2 Å². The third kappa shape index (κ3) is 7.30. The normalized spacial score (nSPS) is 15.3. The minimum atomic E-state index is -4.09. The van der Waals surface area contributed by atoms with Gasteiger partial charge in [0, 0.05) is 36.2 Å². The summed E-state index contributed by atoms with van der Waals surface area (Å²) in [4.78, 5) is 2.19. The predicted octanol–water partition coefficient (Wildman–Crippen LogP) is 7.32. The second-order valence-corrected chi connectivity index (χ2v) is 12.9. The Bertz CT molecular complexity index is 1670. The lowest BCUT2D eigenvalue weighted by Crippen LogP contribution is -2.37. The quantitative estimate of drug-likeness (QED) is 0.0686. The molecule has 1 aliphatic heterocycles. The fourth-order valence-corrected chi connectivity index (χ4v) is 6.17. The molecule has 8 nitrogen and oxygen atoms in total. The highest BCUT2D eigenvalue weighted by atomic mass is 35.5. The summed E-state index contributed by atoms with van der Waals surface area (Å²) in [5.41, 5.74) is 5.64. The van der Waals surface area contributed by atoms with Gasteiger partial charge in [-0.05, 0) is 60.3 Å². The molecule has 2 heterocycles. The Morgan fingerprint density at radius 2 is 1.90 bits per heavy atom. The van der Waals surface area contributed by atoms with E-state index in [9.17, 15) is 17.5 Å². The molecule has 3 aromatic carbocycles. The molecule has 1 aromatic heterocycles. The van der Waals surface area contributed by atoms with Crippen molar-refractivity contribution >= 4 is 56.6 Å². The molecule has 42 heavy (non-hydrogen) atoms. The van der Waals surface area contributed by atoms with E-state index in [1.54, 1.807) is 0 Å². The molecule has 0 amide bonds. The molecule has 2 N–H and O–H groups in total. The fourth-order valence-electron chi connectivity index (χ4n) is 5.25. The van der Waals surface area contributed by atoms with Crippen molar-refractivity contribution < 1.29 is 31.2 Å². The van der Waals surface area contributed by atoms with Gasteiger partial charge in [-0.25, -0.2) is 0 Å².